The number of hydrogen-bond donors (Lipinski definition) is 1. The van der Waals surface area contributed by atoms with E-state index in [0.29, 0.717) is 19.0 Å². The van der Waals surface area contributed by atoms with Gasteiger partial charge in [0.1, 0.15) is 18.1 Å². The van der Waals surface area contributed by atoms with E-state index in [1.165, 1.54) is 19.3 Å². The summed E-state index contributed by atoms with van der Waals surface area (Å²) in [5, 5.41) is 3.04. The van der Waals surface area contributed by atoms with Crippen LogP contribution < -0.4 is 10.1 Å². The van der Waals surface area contributed by atoms with Crippen LogP contribution in [0.1, 0.15) is 49.4 Å². The maximum atomic E-state index is 12.7. The number of aromatic nitrogens is 2. The molecule has 0 bridgehead atoms. The second kappa shape index (κ2) is 8.46. The molecule has 1 aliphatic carbocycles. The Morgan fingerprint density at radius 2 is 1.86 bits per heavy atom. The van der Waals surface area contributed by atoms with Crippen LogP contribution in [0.25, 0.3) is 11.0 Å². The molecule has 0 atom stereocenters. The van der Waals surface area contributed by atoms with Crippen LogP contribution in [0.4, 0.5) is 0 Å². The minimum Gasteiger partial charge on any atom is -0.497 e. The van der Waals surface area contributed by atoms with Crippen molar-refractivity contribution in [3.63, 3.8) is 0 Å². The average Bonchev–Trinajstić information content (AvgIpc) is 3.12. The SMILES string of the molecule is COc1ccc(CNC(=O)Cn2c(C3CCCCC3)nc3ccccc32)cc1. The lowest BCUT2D eigenvalue weighted by atomic mass is 9.88. The van der Waals surface area contributed by atoms with E-state index in [2.05, 4.69) is 16.0 Å². The Balaban J connectivity index is 1.50. The van der Waals surface area contributed by atoms with Gasteiger partial charge in [-0.05, 0) is 42.7 Å². The fourth-order valence-corrected chi connectivity index (χ4v) is 4.08. The van der Waals surface area contributed by atoms with Gasteiger partial charge in [0, 0.05) is 12.5 Å². The number of nitrogens with one attached hydrogen (secondary N) is 1. The molecular formula is C23H27N3O2. The van der Waals surface area contributed by atoms with Crippen LogP contribution in [-0.2, 0) is 17.9 Å². The normalized spacial score (nSPS) is 14.9. The maximum absolute atomic E-state index is 12.7. The first-order valence-electron chi connectivity index (χ1n) is 10.1. The number of nitrogens with zero attached hydrogens (tertiary/aromatic N) is 2. The van der Waals surface area contributed by atoms with Crippen molar-refractivity contribution < 1.29 is 9.53 Å². The molecule has 1 heterocycles. The zero-order valence-corrected chi connectivity index (χ0v) is 16.4. The number of carbonyl (C=O) groups excluding carboxylic acids is 1. The molecule has 0 saturated heterocycles. The molecule has 28 heavy (non-hydrogen) atoms. The van der Waals surface area contributed by atoms with Crippen LogP contribution in [0.2, 0.25) is 0 Å². The molecule has 4 rings (SSSR count). The fourth-order valence-electron chi connectivity index (χ4n) is 4.08. The first kappa shape index (κ1) is 18.5. The van der Waals surface area contributed by atoms with Gasteiger partial charge in [-0.3, -0.25) is 4.79 Å². The van der Waals surface area contributed by atoms with Crippen molar-refractivity contribution in [3.05, 3.63) is 59.9 Å². The van der Waals surface area contributed by atoms with Crippen molar-refractivity contribution in [1.29, 1.82) is 0 Å². The molecule has 0 radical (unpaired) electrons. The predicted molar refractivity (Wildman–Crippen MR) is 110 cm³/mol. The molecule has 0 aliphatic heterocycles. The molecule has 146 valence electrons. The highest BCUT2D eigenvalue weighted by molar-refractivity contribution is 5.81. The quantitative estimate of drug-likeness (QED) is 0.692. The summed E-state index contributed by atoms with van der Waals surface area (Å²) in [4.78, 5) is 17.6. The summed E-state index contributed by atoms with van der Waals surface area (Å²) in [6, 6.07) is 15.9. The summed E-state index contributed by atoms with van der Waals surface area (Å²) in [6.07, 6.45) is 6.13. The zero-order chi connectivity index (χ0) is 19.3. The minimum absolute atomic E-state index is 0.0102. The highest BCUT2D eigenvalue weighted by Gasteiger charge is 2.23. The van der Waals surface area contributed by atoms with Crippen molar-refractivity contribution in [3.8, 4) is 5.75 Å². The van der Waals surface area contributed by atoms with Crippen molar-refractivity contribution in [2.75, 3.05) is 7.11 Å². The molecule has 0 unspecified atom stereocenters. The van der Waals surface area contributed by atoms with E-state index in [1.54, 1.807) is 7.11 Å². The summed E-state index contributed by atoms with van der Waals surface area (Å²) >= 11 is 0. The lowest BCUT2D eigenvalue weighted by Crippen LogP contribution is -2.28. The molecule has 5 nitrogen and oxygen atoms in total. The molecule has 1 fully saturated rings. The van der Waals surface area contributed by atoms with Crippen molar-refractivity contribution in [2.24, 2.45) is 0 Å². The van der Waals surface area contributed by atoms with Gasteiger partial charge in [0.2, 0.25) is 5.91 Å². The first-order chi connectivity index (χ1) is 13.7. The van der Waals surface area contributed by atoms with Gasteiger partial charge in [0.15, 0.2) is 0 Å². The van der Waals surface area contributed by atoms with Gasteiger partial charge in [-0.15, -0.1) is 0 Å². The lowest BCUT2D eigenvalue weighted by molar-refractivity contribution is -0.121. The number of fused-ring (bicyclic) bond motifs is 1. The lowest BCUT2D eigenvalue weighted by Gasteiger charge is -2.22. The van der Waals surface area contributed by atoms with Crippen LogP contribution in [0.3, 0.4) is 0 Å². The van der Waals surface area contributed by atoms with Crippen LogP contribution in [0.5, 0.6) is 5.75 Å². The molecular weight excluding hydrogens is 350 g/mol. The number of carbonyl (C=O) groups is 1. The van der Waals surface area contributed by atoms with Gasteiger partial charge in [0.25, 0.3) is 0 Å². The number of hydrogen-bond acceptors (Lipinski definition) is 3. The molecule has 0 spiro atoms. The Labute approximate surface area is 165 Å². The van der Waals surface area contributed by atoms with Crippen molar-refractivity contribution >= 4 is 16.9 Å². The maximum Gasteiger partial charge on any atom is 0.240 e. The van der Waals surface area contributed by atoms with E-state index in [4.69, 9.17) is 9.72 Å². The molecule has 1 N–H and O–H groups in total. The highest BCUT2D eigenvalue weighted by Crippen LogP contribution is 2.33. The summed E-state index contributed by atoms with van der Waals surface area (Å²) in [7, 11) is 1.65. The molecule has 1 amide bonds. The molecule has 1 aliphatic rings. The van der Waals surface area contributed by atoms with Gasteiger partial charge in [-0.1, -0.05) is 43.5 Å². The Kier molecular flexibility index (Phi) is 5.60. The van der Waals surface area contributed by atoms with Crippen LogP contribution >= 0.6 is 0 Å². The van der Waals surface area contributed by atoms with E-state index >= 15 is 0 Å². The Bertz CT molecular complexity index is 940. The number of amides is 1. The van der Waals surface area contributed by atoms with Crippen LogP contribution in [-0.4, -0.2) is 22.6 Å². The standard InChI is InChI=1S/C23H27N3O2/c1-28-19-13-11-17(12-14-19)15-24-22(27)16-26-21-10-6-5-9-20(21)25-23(26)18-7-3-2-4-8-18/h5-6,9-14,18H,2-4,7-8,15-16H2,1H3,(H,24,27). The third kappa shape index (κ3) is 4.03. The molecule has 1 saturated carbocycles. The Morgan fingerprint density at radius 1 is 1.11 bits per heavy atom. The molecule has 5 heteroatoms. The number of benzene rings is 2. The third-order valence-corrected chi connectivity index (χ3v) is 5.60. The number of imidazole rings is 1. The predicted octanol–water partition coefficient (Wildman–Crippen LogP) is 4.41. The smallest absolute Gasteiger partial charge is 0.240 e. The van der Waals surface area contributed by atoms with E-state index in [-0.39, 0.29) is 5.91 Å². The highest BCUT2D eigenvalue weighted by atomic mass is 16.5. The number of rotatable bonds is 6. The van der Waals surface area contributed by atoms with E-state index in [9.17, 15) is 4.79 Å². The van der Waals surface area contributed by atoms with Crippen LogP contribution in [0, 0.1) is 0 Å². The monoisotopic (exact) mass is 377 g/mol. The first-order valence-corrected chi connectivity index (χ1v) is 10.1. The zero-order valence-electron chi connectivity index (χ0n) is 16.4. The number of para-hydroxylation sites is 2. The molecule has 1 aromatic heterocycles. The largest absolute Gasteiger partial charge is 0.497 e. The second-order valence-electron chi connectivity index (χ2n) is 7.50. The number of ether oxygens (including phenoxy) is 1. The fraction of sp³-hybridized carbons (Fsp3) is 0.391. The van der Waals surface area contributed by atoms with Gasteiger partial charge in [-0.2, -0.15) is 0 Å². The van der Waals surface area contributed by atoms with Gasteiger partial charge < -0.3 is 14.6 Å². The summed E-state index contributed by atoms with van der Waals surface area (Å²) in [5.74, 6) is 2.35. The topological polar surface area (TPSA) is 56.1 Å². The second-order valence-corrected chi connectivity index (χ2v) is 7.50. The Morgan fingerprint density at radius 3 is 2.61 bits per heavy atom. The minimum atomic E-state index is 0.0102. The summed E-state index contributed by atoms with van der Waals surface area (Å²) in [5.41, 5.74) is 3.07. The van der Waals surface area contributed by atoms with E-state index in [1.807, 2.05) is 42.5 Å². The van der Waals surface area contributed by atoms with Crippen molar-refractivity contribution in [1.82, 2.24) is 14.9 Å². The Hall–Kier alpha value is -2.82. The van der Waals surface area contributed by atoms with Crippen LogP contribution in [0.15, 0.2) is 48.5 Å². The molecule has 3 aromatic rings. The van der Waals surface area contributed by atoms with Crippen molar-refractivity contribution in [2.45, 2.75) is 51.1 Å². The van der Waals surface area contributed by atoms with Gasteiger partial charge in [-0.25, -0.2) is 4.98 Å². The summed E-state index contributed by atoms with van der Waals surface area (Å²) < 4.78 is 7.30. The van der Waals surface area contributed by atoms with E-state index < -0.39 is 0 Å². The molecule has 2 aromatic carbocycles. The average molecular weight is 377 g/mol. The third-order valence-electron chi connectivity index (χ3n) is 5.60. The van der Waals surface area contributed by atoms with E-state index in [0.717, 1.165) is 41.0 Å². The number of methoxy groups -OCH3 is 1. The summed E-state index contributed by atoms with van der Waals surface area (Å²) in [6.45, 7) is 0.816. The van der Waals surface area contributed by atoms with Gasteiger partial charge in [0.05, 0.1) is 18.1 Å². The van der Waals surface area contributed by atoms with Gasteiger partial charge >= 0.3 is 0 Å².